The lowest BCUT2D eigenvalue weighted by Crippen LogP contribution is -2.49. The molecule has 6 nitrogen and oxygen atoms in total. The van der Waals surface area contributed by atoms with Crippen LogP contribution in [0.3, 0.4) is 0 Å². The highest BCUT2D eigenvalue weighted by molar-refractivity contribution is 5.80. The molecule has 2 aromatic carbocycles. The lowest BCUT2D eigenvalue weighted by molar-refractivity contribution is -0.135. The molecule has 0 saturated carbocycles. The van der Waals surface area contributed by atoms with Crippen molar-refractivity contribution in [2.75, 3.05) is 33.3 Å². The number of carbonyl (C=O) groups is 1. The molecule has 2 N–H and O–H groups in total. The minimum atomic E-state index is -0.0286. The topological polar surface area (TPSA) is 56.8 Å². The Hall–Kier alpha value is -2.41. The monoisotopic (exact) mass is 436 g/mol. The van der Waals surface area contributed by atoms with Gasteiger partial charge in [-0.05, 0) is 55.5 Å². The highest BCUT2D eigenvalue weighted by atomic mass is 16.5. The normalized spacial score (nSPS) is 23.8. The third-order valence-electron chi connectivity index (χ3n) is 6.67. The molecule has 0 spiro atoms. The number of benzene rings is 2. The van der Waals surface area contributed by atoms with Crippen LogP contribution in [0.25, 0.3) is 0 Å². The Balaban J connectivity index is 1.35. The molecule has 0 aliphatic carbocycles. The largest absolute Gasteiger partial charge is 0.494 e. The maximum atomic E-state index is 13.3. The fourth-order valence-electron chi connectivity index (χ4n) is 5.06. The molecule has 2 aliphatic rings. The van der Waals surface area contributed by atoms with Gasteiger partial charge in [0, 0.05) is 39.3 Å². The molecule has 2 heterocycles. The lowest BCUT2D eigenvalue weighted by atomic mass is 9.83. The van der Waals surface area contributed by atoms with Crippen LogP contribution >= 0.6 is 0 Å². The number of hydrogen-bond acceptors (Lipinski definition) is 5. The van der Waals surface area contributed by atoms with Gasteiger partial charge in [0.05, 0.1) is 12.5 Å². The summed E-state index contributed by atoms with van der Waals surface area (Å²) in [5.41, 5.74) is 9.19. The number of likely N-dealkylation sites (tertiary alicyclic amines) is 1. The molecule has 2 saturated heterocycles. The number of hydrogen-bond donors (Lipinski definition) is 2. The Labute approximate surface area is 191 Å². The molecule has 172 valence electrons. The molecule has 1 amide bonds. The van der Waals surface area contributed by atoms with E-state index in [4.69, 9.17) is 4.74 Å². The van der Waals surface area contributed by atoms with E-state index >= 15 is 0 Å². The number of piperidine rings is 1. The molecule has 3 atom stereocenters. The van der Waals surface area contributed by atoms with Crippen LogP contribution in [0.4, 0.5) is 0 Å². The second kappa shape index (κ2) is 10.9. The van der Waals surface area contributed by atoms with Crippen molar-refractivity contribution < 1.29 is 9.53 Å². The van der Waals surface area contributed by atoms with Gasteiger partial charge in [-0.15, -0.1) is 0 Å². The first-order valence-corrected chi connectivity index (χ1v) is 11.9. The minimum Gasteiger partial charge on any atom is -0.494 e. The van der Waals surface area contributed by atoms with E-state index in [0.717, 1.165) is 37.4 Å². The second-order valence-corrected chi connectivity index (χ2v) is 9.05. The van der Waals surface area contributed by atoms with Crippen LogP contribution in [0.2, 0.25) is 0 Å². The van der Waals surface area contributed by atoms with Gasteiger partial charge in [0.25, 0.3) is 0 Å². The fourth-order valence-corrected chi connectivity index (χ4v) is 5.06. The number of amides is 1. The standard InChI is InChI=1S/C26H36N4O2/c1-3-32-23-13-11-21(12-14-23)18-30-15-7-10-22(19-30)25-24(16-27-28-25)26(31)29(2)17-20-8-5-4-6-9-20/h4-6,8-9,11-14,22,24-25,27-28H,3,7,10,15-19H2,1-2H3. The van der Waals surface area contributed by atoms with Gasteiger partial charge >= 0.3 is 0 Å². The summed E-state index contributed by atoms with van der Waals surface area (Å²) in [5, 5.41) is 0. The van der Waals surface area contributed by atoms with Crippen LogP contribution in [-0.2, 0) is 17.9 Å². The maximum Gasteiger partial charge on any atom is 0.228 e. The van der Waals surface area contributed by atoms with Crippen LogP contribution in [0.5, 0.6) is 5.75 Å². The first-order valence-electron chi connectivity index (χ1n) is 11.9. The lowest BCUT2D eigenvalue weighted by Gasteiger charge is -2.37. The molecule has 6 heteroatoms. The highest BCUT2D eigenvalue weighted by Crippen LogP contribution is 2.28. The Morgan fingerprint density at radius 1 is 1.12 bits per heavy atom. The molecule has 0 bridgehead atoms. The van der Waals surface area contributed by atoms with E-state index in [0.29, 0.717) is 25.6 Å². The number of hydrazine groups is 1. The van der Waals surface area contributed by atoms with Crippen LogP contribution in [0, 0.1) is 11.8 Å². The molecule has 32 heavy (non-hydrogen) atoms. The first-order chi connectivity index (χ1) is 15.6. The number of nitrogens with zero attached hydrogens (tertiary/aromatic N) is 2. The summed E-state index contributed by atoms with van der Waals surface area (Å²) in [5.74, 6) is 1.58. The zero-order valence-electron chi connectivity index (χ0n) is 19.3. The van der Waals surface area contributed by atoms with Crippen molar-refractivity contribution in [2.45, 2.75) is 38.9 Å². The third kappa shape index (κ3) is 5.68. The minimum absolute atomic E-state index is 0.0286. The molecular weight excluding hydrogens is 400 g/mol. The zero-order chi connectivity index (χ0) is 22.3. The van der Waals surface area contributed by atoms with Gasteiger partial charge in [0.2, 0.25) is 5.91 Å². The van der Waals surface area contributed by atoms with Crippen molar-refractivity contribution in [3.05, 3.63) is 65.7 Å². The van der Waals surface area contributed by atoms with Crippen molar-refractivity contribution >= 4 is 5.91 Å². The van der Waals surface area contributed by atoms with Crippen LogP contribution in [0.15, 0.2) is 54.6 Å². The summed E-state index contributed by atoms with van der Waals surface area (Å²) in [6.45, 7) is 7.10. The van der Waals surface area contributed by atoms with Gasteiger partial charge in [-0.2, -0.15) is 0 Å². The van der Waals surface area contributed by atoms with Crippen molar-refractivity contribution in [2.24, 2.45) is 11.8 Å². The van der Waals surface area contributed by atoms with E-state index in [-0.39, 0.29) is 17.9 Å². The summed E-state index contributed by atoms with van der Waals surface area (Å²) in [7, 11) is 1.92. The van der Waals surface area contributed by atoms with Gasteiger partial charge in [0.1, 0.15) is 5.75 Å². The Morgan fingerprint density at radius 2 is 1.91 bits per heavy atom. The van der Waals surface area contributed by atoms with Crippen LogP contribution in [0.1, 0.15) is 30.9 Å². The van der Waals surface area contributed by atoms with Crippen LogP contribution in [-0.4, -0.2) is 55.0 Å². The zero-order valence-corrected chi connectivity index (χ0v) is 19.3. The Bertz CT molecular complexity index is 858. The Kier molecular flexibility index (Phi) is 7.79. The second-order valence-electron chi connectivity index (χ2n) is 9.05. The van der Waals surface area contributed by atoms with E-state index in [9.17, 15) is 4.79 Å². The first kappa shape index (κ1) is 22.8. The van der Waals surface area contributed by atoms with Gasteiger partial charge in [-0.3, -0.25) is 20.5 Å². The van der Waals surface area contributed by atoms with Crippen molar-refractivity contribution in [3.8, 4) is 5.75 Å². The average Bonchev–Trinajstić information content (AvgIpc) is 3.31. The number of ether oxygens (including phenoxy) is 1. The van der Waals surface area contributed by atoms with Gasteiger partial charge in [-0.1, -0.05) is 42.5 Å². The smallest absolute Gasteiger partial charge is 0.228 e. The van der Waals surface area contributed by atoms with Gasteiger partial charge in [-0.25, -0.2) is 0 Å². The number of carbonyl (C=O) groups excluding carboxylic acids is 1. The van der Waals surface area contributed by atoms with Gasteiger partial charge < -0.3 is 9.64 Å². The van der Waals surface area contributed by atoms with E-state index in [1.165, 1.54) is 12.0 Å². The fraction of sp³-hybridized carbons (Fsp3) is 0.500. The molecular formula is C26H36N4O2. The molecule has 0 aromatic heterocycles. The van der Waals surface area contributed by atoms with Crippen molar-refractivity contribution in [3.63, 3.8) is 0 Å². The maximum absolute atomic E-state index is 13.3. The van der Waals surface area contributed by atoms with Crippen LogP contribution < -0.4 is 15.6 Å². The summed E-state index contributed by atoms with van der Waals surface area (Å²) in [6.07, 6.45) is 2.33. The average molecular weight is 437 g/mol. The summed E-state index contributed by atoms with van der Waals surface area (Å²) < 4.78 is 5.56. The molecule has 0 radical (unpaired) electrons. The summed E-state index contributed by atoms with van der Waals surface area (Å²) in [4.78, 5) is 17.7. The van der Waals surface area contributed by atoms with E-state index in [1.54, 1.807) is 0 Å². The quantitative estimate of drug-likeness (QED) is 0.666. The molecule has 2 aliphatic heterocycles. The predicted octanol–water partition coefficient (Wildman–Crippen LogP) is 3.05. The van der Waals surface area contributed by atoms with E-state index in [1.807, 2.05) is 37.1 Å². The molecule has 2 fully saturated rings. The van der Waals surface area contributed by atoms with Crippen molar-refractivity contribution in [1.82, 2.24) is 20.7 Å². The van der Waals surface area contributed by atoms with E-state index < -0.39 is 0 Å². The van der Waals surface area contributed by atoms with Gasteiger partial charge in [0.15, 0.2) is 0 Å². The molecule has 3 unspecified atom stereocenters. The summed E-state index contributed by atoms with van der Waals surface area (Å²) in [6, 6.07) is 18.8. The SMILES string of the molecule is CCOc1ccc(CN2CCCC(C3NNCC3C(=O)N(C)Cc3ccccc3)C2)cc1. The predicted molar refractivity (Wildman–Crippen MR) is 127 cm³/mol. The van der Waals surface area contributed by atoms with Crippen molar-refractivity contribution in [1.29, 1.82) is 0 Å². The number of rotatable bonds is 8. The molecule has 2 aromatic rings. The highest BCUT2D eigenvalue weighted by Gasteiger charge is 2.40. The van der Waals surface area contributed by atoms with E-state index in [2.05, 4.69) is 52.1 Å². The Morgan fingerprint density at radius 3 is 2.66 bits per heavy atom. The third-order valence-corrected chi connectivity index (χ3v) is 6.67. The molecule has 4 rings (SSSR count). The number of nitrogens with one attached hydrogen (secondary N) is 2. The summed E-state index contributed by atoms with van der Waals surface area (Å²) >= 11 is 0.